The maximum absolute atomic E-state index is 5.40. The van der Waals surface area contributed by atoms with Crippen LogP contribution in [-0.4, -0.2) is 19.8 Å². The summed E-state index contributed by atoms with van der Waals surface area (Å²) in [5.41, 5.74) is 5.13. The predicted octanol–water partition coefficient (Wildman–Crippen LogP) is 2.13. The van der Waals surface area contributed by atoms with Crippen LogP contribution in [0.15, 0.2) is 17.7 Å². The van der Waals surface area contributed by atoms with Crippen LogP contribution in [0.3, 0.4) is 0 Å². The summed E-state index contributed by atoms with van der Waals surface area (Å²) in [6.07, 6.45) is 3.73. The van der Waals surface area contributed by atoms with Crippen molar-refractivity contribution in [2.24, 2.45) is 0 Å². The largest absolute Gasteiger partial charge is 0.495 e. The minimum absolute atomic E-state index is 0.295. The number of ether oxygens (including phenoxy) is 1. The van der Waals surface area contributed by atoms with Gasteiger partial charge < -0.3 is 10.1 Å². The summed E-state index contributed by atoms with van der Waals surface area (Å²) in [7, 11) is 1.72. The van der Waals surface area contributed by atoms with E-state index >= 15 is 0 Å². The van der Waals surface area contributed by atoms with Crippen molar-refractivity contribution in [2.45, 2.75) is 19.5 Å². The van der Waals surface area contributed by atoms with Crippen molar-refractivity contribution >= 4 is 11.8 Å². The summed E-state index contributed by atoms with van der Waals surface area (Å²) in [5, 5.41) is 6.95. The monoisotopic (exact) mass is 216 g/mol. The molecule has 0 spiro atoms. The second-order valence-electron chi connectivity index (χ2n) is 4.37. The van der Waals surface area contributed by atoms with Gasteiger partial charge in [-0.15, -0.1) is 0 Å². The molecule has 2 aliphatic heterocycles. The van der Waals surface area contributed by atoms with Crippen molar-refractivity contribution in [3.63, 3.8) is 0 Å². The fourth-order valence-corrected chi connectivity index (χ4v) is 2.47. The Balaban J connectivity index is 2.15. The topological polar surface area (TPSA) is 33.3 Å². The van der Waals surface area contributed by atoms with Crippen LogP contribution in [0.5, 0.6) is 5.75 Å². The smallest absolute Gasteiger partial charge is 0.142 e. The van der Waals surface area contributed by atoms with Gasteiger partial charge in [0.1, 0.15) is 5.75 Å². The maximum Gasteiger partial charge on any atom is 0.142 e. The summed E-state index contributed by atoms with van der Waals surface area (Å²) >= 11 is 0. The molecule has 2 aliphatic rings. The summed E-state index contributed by atoms with van der Waals surface area (Å²) < 4.78 is 5.40. The van der Waals surface area contributed by atoms with Crippen LogP contribution in [0.25, 0.3) is 6.08 Å². The minimum atomic E-state index is 0.295. The first kappa shape index (κ1) is 9.73. The van der Waals surface area contributed by atoms with E-state index < -0.39 is 0 Å². The molecule has 0 bridgehead atoms. The third kappa shape index (κ3) is 1.32. The fraction of sp³-hybridized carbons (Fsp3) is 0.385. The maximum atomic E-state index is 5.40. The molecule has 2 heterocycles. The Hall–Kier alpha value is -1.48. The Bertz CT molecular complexity index is 465. The summed E-state index contributed by atoms with van der Waals surface area (Å²) in [4.78, 5) is 0. The summed E-state index contributed by atoms with van der Waals surface area (Å²) in [5.74, 6) is 0.921. The molecule has 3 heteroatoms. The fourth-order valence-electron chi connectivity index (χ4n) is 2.47. The molecule has 0 saturated carbocycles. The van der Waals surface area contributed by atoms with Gasteiger partial charge in [-0.3, -0.25) is 5.32 Å². The predicted molar refractivity (Wildman–Crippen MR) is 65.7 cm³/mol. The third-order valence-electron chi connectivity index (χ3n) is 3.40. The van der Waals surface area contributed by atoms with E-state index in [9.17, 15) is 0 Å². The number of anilines is 1. The number of rotatable bonds is 1. The van der Waals surface area contributed by atoms with E-state index in [-0.39, 0.29) is 0 Å². The molecule has 3 rings (SSSR count). The number of hydrogen-bond donors (Lipinski definition) is 2. The van der Waals surface area contributed by atoms with E-state index in [1.165, 1.54) is 16.7 Å². The standard InChI is InChI=1S/C13H16N2O/c1-8-3-4-11(16-2)12-10(8)7-9-5-6-14-13(9)15-12/h3-4,7,13-15H,5-6H2,1-2H3. The number of fused-ring (bicyclic) bond motifs is 2. The van der Waals surface area contributed by atoms with Crippen LogP contribution in [0, 0.1) is 6.92 Å². The average Bonchev–Trinajstić information content (AvgIpc) is 2.75. The number of methoxy groups -OCH3 is 1. The number of aryl methyl sites for hydroxylation is 1. The highest BCUT2D eigenvalue weighted by Gasteiger charge is 2.26. The Morgan fingerprint density at radius 3 is 3.06 bits per heavy atom. The van der Waals surface area contributed by atoms with Gasteiger partial charge in [0, 0.05) is 12.1 Å². The molecular formula is C13H16N2O. The number of nitrogens with one attached hydrogen (secondary N) is 2. The highest BCUT2D eigenvalue weighted by molar-refractivity contribution is 5.80. The van der Waals surface area contributed by atoms with Crippen molar-refractivity contribution in [1.82, 2.24) is 5.32 Å². The molecule has 0 aliphatic carbocycles. The Labute approximate surface area is 95.5 Å². The molecule has 16 heavy (non-hydrogen) atoms. The van der Waals surface area contributed by atoms with Crippen LogP contribution in [-0.2, 0) is 0 Å². The van der Waals surface area contributed by atoms with Crippen molar-refractivity contribution in [2.75, 3.05) is 19.0 Å². The van der Waals surface area contributed by atoms with Crippen molar-refractivity contribution in [3.8, 4) is 5.75 Å². The zero-order valence-corrected chi connectivity index (χ0v) is 9.63. The lowest BCUT2D eigenvalue weighted by atomic mass is 9.97. The van der Waals surface area contributed by atoms with Gasteiger partial charge in [-0.2, -0.15) is 0 Å². The highest BCUT2D eigenvalue weighted by Crippen LogP contribution is 2.38. The van der Waals surface area contributed by atoms with Gasteiger partial charge in [-0.05, 0) is 36.6 Å². The lowest BCUT2D eigenvalue weighted by molar-refractivity contribution is 0.415. The first-order valence-electron chi connectivity index (χ1n) is 5.67. The zero-order valence-electron chi connectivity index (χ0n) is 9.63. The Kier molecular flexibility index (Phi) is 2.14. The van der Waals surface area contributed by atoms with E-state index in [0.29, 0.717) is 6.17 Å². The van der Waals surface area contributed by atoms with Crippen LogP contribution in [0.4, 0.5) is 5.69 Å². The lowest BCUT2D eigenvalue weighted by Gasteiger charge is -2.26. The third-order valence-corrected chi connectivity index (χ3v) is 3.40. The Morgan fingerprint density at radius 2 is 2.25 bits per heavy atom. The zero-order chi connectivity index (χ0) is 11.1. The van der Waals surface area contributed by atoms with Gasteiger partial charge in [-0.1, -0.05) is 6.07 Å². The van der Waals surface area contributed by atoms with Gasteiger partial charge >= 0.3 is 0 Å². The molecule has 1 fully saturated rings. The lowest BCUT2D eigenvalue weighted by Crippen LogP contribution is -2.33. The van der Waals surface area contributed by atoms with Crippen LogP contribution in [0.2, 0.25) is 0 Å². The van der Waals surface area contributed by atoms with Gasteiger partial charge in [0.05, 0.1) is 19.0 Å². The van der Waals surface area contributed by atoms with Crippen molar-refractivity contribution in [3.05, 3.63) is 28.8 Å². The molecule has 1 unspecified atom stereocenters. The Morgan fingerprint density at radius 1 is 1.38 bits per heavy atom. The molecule has 0 aromatic heterocycles. The normalized spacial score (nSPS) is 21.9. The first-order valence-corrected chi connectivity index (χ1v) is 5.67. The average molecular weight is 216 g/mol. The van der Waals surface area contributed by atoms with Crippen molar-refractivity contribution in [1.29, 1.82) is 0 Å². The number of benzene rings is 1. The van der Waals surface area contributed by atoms with Gasteiger partial charge in [0.2, 0.25) is 0 Å². The van der Waals surface area contributed by atoms with Crippen LogP contribution < -0.4 is 15.4 Å². The SMILES string of the molecule is COc1ccc(C)c2c1NC1NCCC1=C2. The number of hydrogen-bond acceptors (Lipinski definition) is 3. The van der Waals surface area contributed by atoms with Crippen LogP contribution in [0.1, 0.15) is 17.5 Å². The molecule has 1 atom stereocenters. The summed E-state index contributed by atoms with van der Waals surface area (Å²) in [6.45, 7) is 3.19. The van der Waals surface area contributed by atoms with Gasteiger partial charge in [-0.25, -0.2) is 0 Å². The molecular weight excluding hydrogens is 200 g/mol. The molecule has 1 aromatic rings. The van der Waals surface area contributed by atoms with Gasteiger partial charge in [0.25, 0.3) is 0 Å². The highest BCUT2D eigenvalue weighted by atomic mass is 16.5. The van der Waals surface area contributed by atoms with E-state index in [4.69, 9.17) is 4.74 Å². The summed E-state index contributed by atoms with van der Waals surface area (Å²) in [6, 6.07) is 4.13. The second kappa shape index (κ2) is 3.52. The molecule has 84 valence electrons. The second-order valence-corrected chi connectivity index (χ2v) is 4.37. The van der Waals surface area contributed by atoms with Gasteiger partial charge in [0.15, 0.2) is 0 Å². The van der Waals surface area contributed by atoms with Crippen LogP contribution >= 0.6 is 0 Å². The first-order chi connectivity index (χ1) is 7.79. The quantitative estimate of drug-likeness (QED) is 0.754. The molecule has 0 radical (unpaired) electrons. The van der Waals surface area contributed by atoms with Crippen molar-refractivity contribution < 1.29 is 4.74 Å². The minimum Gasteiger partial charge on any atom is -0.495 e. The molecule has 2 N–H and O–H groups in total. The molecule has 1 saturated heterocycles. The van der Waals surface area contributed by atoms with E-state index in [2.05, 4.69) is 29.7 Å². The molecule has 3 nitrogen and oxygen atoms in total. The van der Waals surface area contributed by atoms with E-state index in [0.717, 1.165) is 24.4 Å². The molecule has 0 amide bonds. The van der Waals surface area contributed by atoms with E-state index in [1.807, 2.05) is 6.07 Å². The molecule has 1 aromatic carbocycles. The van der Waals surface area contributed by atoms with E-state index in [1.54, 1.807) is 7.11 Å².